The Bertz CT molecular complexity index is 1030. The van der Waals surface area contributed by atoms with Crippen molar-refractivity contribution in [3.05, 3.63) is 58.7 Å². The van der Waals surface area contributed by atoms with Gasteiger partial charge in [0.25, 0.3) is 5.91 Å². The molecule has 0 heterocycles. The van der Waals surface area contributed by atoms with Gasteiger partial charge in [0.05, 0.1) is 7.11 Å². The maximum Gasteiger partial charge on any atom is 0.349 e. The molecule has 0 aromatic heterocycles. The van der Waals surface area contributed by atoms with Crippen LogP contribution in [0.4, 0.5) is 0 Å². The molecule has 2 aromatic carbocycles. The third-order valence-electron chi connectivity index (χ3n) is 4.20. The van der Waals surface area contributed by atoms with Crippen molar-refractivity contribution in [2.45, 2.75) is 33.7 Å². The predicted octanol–water partition coefficient (Wildman–Crippen LogP) is 3.73. The molecule has 0 atom stereocenters. The monoisotopic (exact) mass is 422 g/mol. The van der Waals surface area contributed by atoms with Crippen molar-refractivity contribution >= 4 is 18.0 Å². The highest BCUT2D eigenvalue weighted by Gasteiger charge is 2.14. The number of methoxy groups -OCH3 is 1. The van der Waals surface area contributed by atoms with Crippen LogP contribution in [0.25, 0.3) is 6.08 Å². The van der Waals surface area contributed by atoms with Gasteiger partial charge in [0, 0.05) is 6.04 Å². The second-order valence-corrected chi connectivity index (χ2v) is 7.24. The zero-order valence-corrected chi connectivity index (χ0v) is 18.3. The molecule has 2 rings (SSSR count). The maximum absolute atomic E-state index is 12.2. The van der Waals surface area contributed by atoms with Crippen molar-refractivity contribution in [3.8, 4) is 23.3 Å². The van der Waals surface area contributed by atoms with Crippen molar-refractivity contribution in [2.75, 3.05) is 13.7 Å². The Hall–Kier alpha value is -3.79. The lowest BCUT2D eigenvalue weighted by Crippen LogP contribution is -2.30. The molecule has 0 aliphatic heterocycles. The van der Waals surface area contributed by atoms with Crippen molar-refractivity contribution < 1.29 is 23.8 Å². The van der Waals surface area contributed by atoms with E-state index < -0.39 is 11.9 Å². The van der Waals surface area contributed by atoms with Crippen molar-refractivity contribution in [3.63, 3.8) is 0 Å². The Morgan fingerprint density at radius 2 is 1.84 bits per heavy atom. The predicted molar refractivity (Wildman–Crippen MR) is 117 cm³/mol. The van der Waals surface area contributed by atoms with Gasteiger partial charge < -0.3 is 19.5 Å². The SMILES string of the molecule is COc1cc(/C=C(\C#N)C(=O)NC(C)C)ccc1OC(=O)COc1cc(C)ccc1C. The third-order valence-corrected chi connectivity index (χ3v) is 4.20. The molecule has 0 unspecified atom stereocenters. The summed E-state index contributed by atoms with van der Waals surface area (Å²) in [4.78, 5) is 24.3. The highest BCUT2D eigenvalue weighted by Crippen LogP contribution is 2.29. The minimum absolute atomic E-state index is 0.0394. The van der Waals surface area contributed by atoms with Gasteiger partial charge >= 0.3 is 5.97 Å². The average molecular weight is 422 g/mol. The summed E-state index contributed by atoms with van der Waals surface area (Å²) in [5, 5.41) is 11.9. The molecule has 31 heavy (non-hydrogen) atoms. The van der Waals surface area contributed by atoms with E-state index in [0.717, 1.165) is 11.1 Å². The number of nitrogens with zero attached hydrogens (tertiary/aromatic N) is 1. The number of aryl methyl sites for hydroxylation is 2. The average Bonchev–Trinajstić information content (AvgIpc) is 2.72. The van der Waals surface area contributed by atoms with Gasteiger partial charge in [-0.1, -0.05) is 18.2 Å². The molecule has 0 radical (unpaired) electrons. The Morgan fingerprint density at radius 1 is 1.10 bits per heavy atom. The number of nitrogens with one attached hydrogen (secondary N) is 1. The lowest BCUT2D eigenvalue weighted by Gasteiger charge is -2.12. The van der Waals surface area contributed by atoms with Crippen molar-refractivity contribution in [2.24, 2.45) is 0 Å². The molecule has 0 fully saturated rings. The van der Waals surface area contributed by atoms with Crippen molar-refractivity contribution in [1.82, 2.24) is 5.32 Å². The summed E-state index contributed by atoms with van der Waals surface area (Å²) in [6.45, 7) is 7.19. The number of rotatable bonds is 8. The summed E-state index contributed by atoms with van der Waals surface area (Å²) < 4.78 is 16.2. The summed E-state index contributed by atoms with van der Waals surface area (Å²) in [7, 11) is 1.43. The number of nitriles is 1. The largest absolute Gasteiger partial charge is 0.493 e. The van der Waals surface area contributed by atoms with Gasteiger partial charge in [0.1, 0.15) is 17.4 Å². The molecule has 7 heteroatoms. The molecule has 0 aliphatic carbocycles. The molecule has 1 amide bonds. The lowest BCUT2D eigenvalue weighted by atomic mass is 10.1. The van der Waals surface area contributed by atoms with Crippen LogP contribution >= 0.6 is 0 Å². The van der Waals surface area contributed by atoms with Crippen LogP contribution in [0, 0.1) is 25.2 Å². The fourth-order valence-electron chi connectivity index (χ4n) is 2.67. The van der Waals surface area contributed by atoms with Crippen LogP contribution in [0.1, 0.15) is 30.5 Å². The maximum atomic E-state index is 12.2. The molecular weight excluding hydrogens is 396 g/mol. The third kappa shape index (κ3) is 6.89. The fraction of sp³-hybridized carbons (Fsp3) is 0.292. The molecule has 0 saturated heterocycles. The number of hydrogen-bond acceptors (Lipinski definition) is 6. The van der Waals surface area contributed by atoms with E-state index in [4.69, 9.17) is 14.2 Å². The first-order valence-corrected chi connectivity index (χ1v) is 9.75. The van der Waals surface area contributed by atoms with E-state index in [9.17, 15) is 14.9 Å². The molecule has 7 nitrogen and oxygen atoms in total. The molecule has 0 spiro atoms. The molecule has 1 N–H and O–H groups in total. The number of amides is 1. The number of carbonyl (C=O) groups excluding carboxylic acids is 2. The number of hydrogen-bond donors (Lipinski definition) is 1. The smallest absolute Gasteiger partial charge is 0.349 e. The van der Waals surface area contributed by atoms with Gasteiger partial charge in [-0.05, 0) is 68.7 Å². The standard InChI is InChI=1S/C24H26N2O5/c1-15(2)26-24(28)19(13-25)11-18-8-9-20(22(12-18)29-5)31-23(27)14-30-21-10-16(3)6-7-17(21)4/h6-12,15H,14H2,1-5H3,(H,26,28)/b19-11+. The highest BCUT2D eigenvalue weighted by molar-refractivity contribution is 6.01. The number of esters is 1. The minimum Gasteiger partial charge on any atom is -0.493 e. The first kappa shape index (κ1) is 23.5. The quantitative estimate of drug-likeness (QED) is 0.301. The molecule has 0 aliphatic rings. The summed E-state index contributed by atoms with van der Waals surface area (Å²) >= 11 is 0. The number of carbonyl (C=O) groups is 2. The van der Waals surface area contributed by atoms with Gasteiger partial charge in [-0.2, -0.15) is 5.26 Å². The molecule has 0 saturated carbocycles. The van der Waals surface area contributed by atoms with Crippen LogP contribution in [-0.4, -0.2) is 31.6 Å². The van der Waals surface area contributed by atoms with E-state index in [2.05, 4.69) is 5.32 Å². The minimum atomic E-state index is -0.587. The Labute approximate surface area is 182 Å². The van der Waals surface area contributed by atoms with Gasteiger partial charge in [0.2, 0.25) is 0 Å². The first-order chi connectivity index (χ1) is 14.7. The normalized spacial score (nSPS) is 10.9. The summed E-state index contributed by atoms with van der Waals surface area (Å²) in [5.41, 5.74) is 2.46. The van der Waals surface area contributed by atoms with E-state index in [1.807, 2.05) is 52.0 Å². The molecular formula is C24H26N2O5. The van der Waals surface area contributed by atoms with Crippen LogP contribution < -0.4 is 19.5 Å². The summed E-state index contributed by atoms with van der Waals surface area (Å²) in [5.74, 6) is 0.0648. The van der Waals surface area contributed by atoms with E-state index in [0.29, 0.717) is 11.3 Å². The molecule has 0 bridgehead atoms. The van der Waals surface area contributed by atoms with Crippen molar-refractivity contribution in [1.29, 1.82) is 5.26 Å². The highest BCUT2D eigenvalue weighted by atomic mass is 16.6. The lowest BCUT2D eigenvalue weighted by molar-refractivity contribution is -0.136. The van der Waals surface area contributed by atoms with E-state index in [1.54, 1.807) is 12.1 Å². The van der Waals surface area contributed by atoms with Crippen LogP contribution in [-0.2, 0) is 9.59 Å². The summed E-state index contributed by atoms with van der Waals surface area (Å²) in [6, 6.07) is 12.3. The van der Waals surface area contributed by atoms with Gasteiger partial charge in [-0.15, -0.1) is 0 Å². The Morgan fingerprint density at radius 3 is 2.48 bits per heavy atom. The first-order valence-electron chi connectivity index (χ1n) is 9.75. The van der Waals surface area contributed by atoms with Crippen LogP contribution in [0.15, 0.2) is 42.0 Å². The zero-order chi connectivity index (χ0) is 23.0. The fourth-order valence-corrected chi connectivity index (χ4v) is 2.67. The van der Waals surface area contributed by atoms with E-state index in [1.165, 1.54) is 19.3 Å². The van der Waals surface area contributed by atoms with Gasteiger partial charge in [0.15, 0.2) is 18.1 Å². The molecule has 162 valence electrons. The second kappa shape index (κ2) is 10.8. The Kier molecular flexibility index (Phi) is 8.21. The second-order valence-electron chi connectivity index (χ2n) is 7.24. The van der Waals surface area contributed by atoms with Crippen LogP contribution in [0.5, 0.6) is 17.2 Å². The summed E-state index contributed by atoms with van der Waals surface area (Å²) in [6.07, 6.45) is 1.44. The Balaban J connectivity index is 2.11. The van der Waals surface area contributed by atoms with Gasteiger partial charge in [-0.3, -0.25) is 4.79 Å². The van der Waals surface area contributed by atoms with Crippen LogP contribution in [0.2, 0.25) is 0 Å². The number of benzene rings is 2. The van der Waals surface area contributed by atoms with E-state index >= 15 is 0 Å². The van der Waals surface area contributed by atoms with E-state index in [-0.39, 0.29) is 29.7 Å². The zero-order valence-electron chi connectivity index (χ0n) is 18.3. The van der Waals surface area contributed by atoms with Gasteiger partial charge in [-0.25, -0.2) is 4.79 Å². The topological polar surface area (TPSA) is 97.6 Å². The number of ether oxygens (including phenoxy) is 3. The molecule has 2 aromatic rings. The van der Waals surface area contributed by atoms with Crippen LogP contribution in [0.3, 0.4) is 0 Å².